The van der Waals surface area contributed by atoms with E-state index in [1.807, 2.05) is 0 Å². The molecule has 28 heavy (non-hydrogen) atoms. The third-order valence-corrected chi connectivity index (χ3v) is 4.97. The number of pyridine rings is 1. The number of hydrogen-bond acceptors (Lipinski definition) is 5. The summed E-state index contributed by atoms with van der Waals surface area (Å²) in [5.41, 5.74) is 1.60. The highest BCUT2D eigenvalue weighted by Gasteiger charge is 2.25. The standard InChI is InChI=1S/C20H20N4O4/c25-18(13-24-16-5-1-2-6-17(16)28-20(24)27)23-10-7-15(8-11-23)22-19(26)14-4-3-9-21-12-14/h1-6,9,12,15H,7-8,10-11,13H2,(H,22,26). The summed E-state index contributed by atoms with van der Waals surface area (Å²) in [4.78, 5) is 42.6. The van der Waals surface area contributed by atoms with E-state index in [1.54, 1.807) is 47.5 Å². The molecule has 0 bridgehead atoms. The zero-order chi connectivity index (χ0) is 19.5. The summed E-state index contributed by atoms with van der Waals surface area (Å²) in [6, 6.07) is 10.5. The maximum atomic E-state index is 12.6. The molecular formula is C20H20N4O4. The summed E-state index contributed by atoms with van der Waals surface area (Å²) in [6.45, 7) is 1.01. The van der Waals surface area contributed by atoms with E-state index in [0.29, 0.717) is 42.6 Å². The van der Waals surface area contributed by atoms with Gasteiger partial charge in [0, 0.05) is 31.5 Å². The van der Waals surface area contributed by atoms with Gasteiger partial charge in [0.05, 0.1) is 11.1 Å². The summed E-state index contributed by atoms with van der Waals surface area (Å²) in [5, 5.41) is 2.99. The van der Waals surface area contributed by atoms with Crippen molar-refractivity contribution in [3.8, 4) is 0 Å². The minimum atomic E-state index is -0.534. The minimum Gasteiger partial charge on any atom is -0.408 e. The highest BCUT2D eigenvalue weighted by molar-refractivity contribution is 5.94. The Balaban J connectivity index is 1.34. The molecule has 1 aliphatic heterocycles. The van der Waals surface area contributed by atoms with E-state index in [4.69, 9.17) is 4.42 Å². The van der Waals surface area contributed by atoms with Crippen LogP contribution in [-0.4, -0.2) is 45.4 Å². The lowest BCUT2D eigenvalue weighted by atomic mass is 10.0. The van der Waals surface area contributed by atoms with Crippen molar-refractivity contribution in [2.45, 2.75) is 25.4 Å². The van der Waals surface area contributed by atoms with Crippen molar-refractivity contribution < 1.29 is 14.0 Å². The second-order valence-corrected chi connectivity index (χ2v) is 6.79. The van der Waals surface area contributed by atoms with Gasteiger partial charge in [-0.3, -0.25) is 19.1 Å². The smallest absolute Gasteiger partial charge is 0.408 e. The number of benzene rings is 1. The first-order valence-corrected chi connectivity index (χ1v) is 9.19. The topological polar surface area (TPSA) is 97.4 Å². The first kappa shape index (κ1) is 18.0. The van der Waals surface area contributed by atoms with Crippen LogP contribution in [0.4, 0.5) is 0 Å². The third kappa shape index (κ3) is 3.66. The Morgan fingerprint density at radius 1 is 1.14 bits per heavy atom. The molecule has 3 heterocycles. The number of aromatic nitrogens is 2. The van der Waals surface area contributed by atoms with Crippen molar-refractivity contribution in [1.82, 2.24) is 19.8 Å². The van der Waals surface area contributed by atoms with E-state index in [9.17, 15) is 14.4 Å². The normalized spacial score (nSPS) is 14.9. The quantitative estimate of drug-likeness (QED) is 0.738. The molecule has 0 atom stereocenters. The zero-order valence-electron chi connectivity index (χ0n) is 15.2. The maximum absolute atomic E-state index is 12.6. The van der Waals surface area contributed by atoms with Gasteiger partial charge in [0.25, 0.3) is 5.91 Å². The average molecular weight is 380 g/mol. The molecule has 0 saturated carbocycles. The van der Waals surface area contributed by atoms with Gasteiger partial charge in [0.2, 0.25) is 5.91 Å². The third-order valence-electron chi connectivity index (χ3n) is 4.97. The Morgan fingerprint density at radius 3 is 2.68 bits per heavy atom. The summed E-state index contributed by atoms with van der Waals surface area (Å²) < 4.78 is 6.53. The van der Waals surface area contributed by atoms with Crippen LogP contribution >= 0.6 is 0 Å². The number of carbonyl (C=O) groups is 2. The molecule has 2 aromatic heterocycles. The van der Waals surface area contributed by atoms with Crippen LogP contribution in [-0.2, 0) is 11.3 Å². The Labute approximate surface area is 160 Å². The Kier molecular flexibility index (Phi) is 4.92. The fraction of sp³-hybridized carbons (Fsp3) is 0.300. The lowest BCUT2D eigenvalue weighted by Crippen LogP contribution is -2.47. The van der Waals surface area contributed by atoms with Crippen LogP contribution in [0.25, 0.3) is 11.1 Å². The number of rotatable bonds is 4. The van der Waals surface area contributed by atoms with E-state index < -0.39 is 5.76 Å². The fourth-order valence-corrected chi connectivity index (χ4v) is 3.44. The number of para-hydroxylation sites is 2. The molecule has 0 radical (unpaired) electrons. The van der Waals surface area contributed by atoms with Gasteiger partial charge >= 0.3 is 5.76 Å². The van der Waals surface area contributed by atoms with E-state index in [1.165, 1.54) is 10.8 Å². The highest BCUT2D eigenvalue weighted by atomic mass is 16.4. The molecular weight excluding hydrogens is 360 g/mol. The Hall–Kier alpha value is -3.42. The van der Waals surface area contributed by atoms with Crippen molar-refractivity contribution >= 4 is 22.9 Å². The number of amides is 2. The minimum absolute atomic E-state index is 0.00855. The van der Waals surface area contributed by atoms with Crippen LogP contribution in [0.1, 0.15) is 23.2 Å². The van der Waals surface area contributed by atoms with Crippen molar-refractivity contribution in [3.05, 3.63) is 64.9 Å². The lowest BCUT2D eigenvalue weighted by molar-refractivity contribution is -0.132. The molecule has 0 spiro atoms. The van der Waals surface area contributed by atoms with Crippen LogP contribution in [0.5, 0.6) is 0 Å². The molecule has 2 amide bonds. The number of piperidine rings is 1. The van der Waals surface area contributed by atoms with Crippen LogP contribution < -0.4 is 11.1 Å². The van der Waals surface area contributed by atoms with Gasteiger partial charge in [-0.2, -0.15) is 0 Å². The largest absolute Gasteiger partial charge is 0.420 e. The van der Waals surface area contributed by atoms with E-state index in [0.717, 1.165) is 0 Å². The van der Waals surface area contributed by atoms with E-state index in [2.05, 4.69) is 10.3 Å². The molecule has 144 valence electrons. The SMILES string of the molecule is O=C(NC1CCN(C(=O)Cn2c(=O)oc3ccccc32)CC1)c1cccnc1. The zero-order valence-corrected chi connectivity index (χ0v) is 15.2. The summed E-state index contributed by atoms with van der Waals surface area (Å²) in [6.07, 6.45) is 4.48. The number of oxazole rings is 1. The molecule has 4 rings (SSSR count). The molecule has 1 saturated heterocycles. The summed E-state index contributed by atoms with van der Waals surface area (Å²) in [7, 11) is 0. The molecule has 1 N–H and O–H groups in total. The van der Waals surface area contributed by atoms with Crippen LogP contribution in [0, 0.1) is 0 Å². The van der Waals surface area contributed by atoms with Crippen molar-refractivity contribution in [2.75, 3.05) is 13.1 Å². The predicted molar refractivity (Wildman–Crippen MR) is 102 cm³/mol. The molecule has 1 aliphatic rings. The lowest BCUT2D eigenvalue weighted by Gasteiger charge is -2.32. The van der Waals surface area contributed by atoms with Crippen molar-refractivity contribution in [2.24, 2.45) is 0 Å². The van der Waals surface area contributed by atoms with E-state index >= 15 is 0 Å². The molecule has 1 fully saturated rings. The van der Waals surface area contributed by atoms with Gasteiger partial charge in [0.1, 0.15) is 6.54 Å². The predicted octanol–water partition coefficient (Wildman–Crippen LogP) is 1.41. The molecule has 3 aromatic rings. The van der Waals surface area contributed by atoms with E-state index in [-0.39, 0.29) is 24.4 Å². The second kappa shape index (κ2) is 7.67. The van der Waals surface area contributed by atoms with Gasteiger partial charge < -0.3 is 14.6 Å². The number of likely N-dealkylation sites (tertiary alicyclic amines) is 1. The maximum Gasteiger partial charge on any atom is 0.420 e. The van der Waals surface area contributed by atoms with Crippen molar-refractivity contribution in [1.29, 1.82) is 0 Å². The van der Waals surface area contributed by atoms with Gasteiger partial charge in [-0.15, -0.1) is 0 Å². The van der Waals surface area contributed by atoms with Gasteiger partial charge in [0.15, 0.2) is 5.58 Å². The molecule has 1 aromatic carbocycles. The number of nitrogens with zero attached hydrogens (tertiary/aromatic N) is 3. The summed E-state index contributed by atoms with van der Waals surface area (Å²) >= 11 is 0. The molecule has 0 unspecified atom stereocenters. The number of nitrogens with one attached hydrogen (secondary N) is 1. The van der Waals surface area contributed by atoms with Crippen LogP contribution in [0.3, 0.4) is 0 Å². The molecule has 8 nitrogen and oxygen atoms in total. The fourth-order valence-electron chi connectivity index (χ4n) is 3.44. The van der Waals surface area contributed by atoms with Gasteiger partial charge in [-0.25, -0.2) is 4.79 Å². The van der Waals surface area contributed by atoms with Gasteiger partial charge in [-0.05, 0) is 37.1 Å². The van der Waals surface area contributed by atoms with Crippen LogP contribution in [0.2, 0.25) is 0 Å². The number of carbonyl (C=O) groups excluding carboxylic acids is 2. The first-order chi connectivity index (χ1) is 13.6. The second-order valence-electron chi connectivity index (χ2n) is 6.79. The van der Waals surface area contributed by atoms with Crippen LogP contribution in [0.15, 0.2) is 58.0 Å². The Bertz CT molecular complexity index is 1050. The first-order valence-electron chi connectivity index (χ1n) is 9.19. The number of fused-ring (bicyclic) bond motifs is 1. The number of hydrogen-bond donors (Lipinski definition) is 1. The Morgan fingerprint density at radius 2 is 1.93 bits per heavy atom. The molecule has 0 aliphatic carbocycles. The van der Waals surface area contributed by atoms with Gasteiger partial charge in [-0.1, -0.05) is 12.1 Å². The van der Waals surface area contributed by atoms with Crippen molar-refractivity contribution in [3.63, 3.8) is 0 Å². The average Bonchev–Trinajstić information content (AvgIpc) is 3.04. The highest BCUT2D eigenvalue weighted by Crippen LogP contribution is 2.15. The summed E-state index contributed by atoms with van der Waals surface area (Å²) in [5.74, 6) is -0.826. The monoisotopic (exact) mass is 380 g/mol. The molecule has 8 heteroatoms.